The molecule has 1 atom stereocenters. The molecule has 0 aliphatic carbocycles. The number of nitrogens with zero attached hydrogens (tertiary/aromatic N) is 1. The molecule has 1 fully saturated rings. The number of carbonyl (C=O) groups is 1. The van der Waals surface area contributed by atoms with Crippen LogP contribution in [-0.2, 0) is 0 Å². The Bertz CT molecular complexity index is 501. The Labute approximate surface area is 131 Å². The number of benzene rings is 1. The zero-order chi connectivity index (χ0) is 15.2. The topological polar surface area (TPSA) is 44.4 Å². The van der Waals surface area contributed by atoms with Crippen LogP contribution in [0.3, 0.4) is 0 Å². The summed E-state index contributed by atoms with van der Waals surface area (Å²) in [4.78, 5) is 13.7. The van der Waals surface area contributed by atoms with Crippen molar-refractivity contribution >= 4 is 28.8 Å². The minimum atomic E-state index is 0.0724. The fraction of sp³-hybridized carbons (Fsp3) is 0.500. The number of likely N-dealkylation sites (tertiary alicyclic amines) is 1. The predicted octanol–water partition coefficient (Wildman–Crippen LogP) is 2.66. The number of nitrogens with one attached hydrogen (secondary N) is 2. The summed E-state index contributed by atoms with van der Waals surface area (Å²) in [7, 11) is 0. The number of rotatable bonds is 5. The lowest BCUT2D eigenvalue weighted by Crippen LogP contribution is -2.41. The molecule has 1 aromatic rings. The van der Waals surface area contributed by atoms with Gasteiger partial charge in [0, 0.05) is 23.8 Å². The first-order valence-corrected chi connectivity index (χ1v) is 7.91. The van der Waals surface area contributed by atoms with Gasteiger partial charge in [-0.2, -0.15) is 0 Å². The summed E-state index contributed by atoms with van der Waals surface area (Å²) in [6.07, 6.45) is 2.50. The minimum absolute atomic E-state index is 0.0724. The van der Waals surface area contributed by atoms with Gasteiger partial charge >= 0.3 is 0 Å². The number of Topliss-reactive ketones (excluding diaryl/α,β-unsaturated/α-hetero) is 1. The highest BCUT2D eigenvalue weighted by molar-refractivity contribution is 7.80. The van der Waals surface area contributed by atoms with Gasteiger partial charge < -0.3 is 10.6 Å². The predicted molar refractivity (Wildman–Crippen MR) is 90.9 cm³/mol. The van der Waals surface area contributed by atoms with Gasteiger partial charge in [0.05, 0.1) is 0 Å². The van der Waals surface area contributed by atoms with Crippen molar-refractivity contribution in [2.75, 3.05) is 25.0 Å². The maximum Gasteiger partial charge on any atom is 0.170 e. The van der Waals surface area contributed by atoms with Gasteiger partial charge in [-0.15, -0.1) is 0 Å². The Hall–Kier alpha value is -1.46. The molecule has 4 nitrogen and oxygen atoms in total. The van der Waals surface area contributed by atoms with Crippen molar-refractivity contribution in [3.05, 3.63) is 29.8 Å². The quantitative estimate of drug-likeness (QED) is 0.647. The Kier molecular flexibility index (Phi) is 5.70. The highest BCUT2D eigenvalue weighted by Crippen LogP contribution is 2.15. The van der Waals surface area contributed by atoms with Crippen LogP contribution in [0.1, 0.15) is 37.0 Å². The number of hydrogen-bond donors (Lipinski definition) is 2. The third kappa shape index (κ3) is 4.51. The highest BCUT2D eigenvalue weighted by atomic mass is 32.1. The van der Waals surface area contributed by atoms with Gasteiger partial charge in [0.25, 0.3) is 0 Å². The summed E-state index contributed by atoms with van der Waals surface area (Å²) >= 11 is 5.32. The van der Waals surface area contributed by atoms with Gasteiger partial charge in [-0.05, 0) is 69.3 Å². The molecule has 0 aromatic heterocycles. The summed E-state index contributed by atoms with van der Waals surface area (Å²) in [5, 5.41) is 7.07. The smallest absolute Gasteiger partial charge is 0.170 e. The molecule has 0 bridgehead atoms. The number of likely N-dealkylation sites (N-methyl/N-ethyl adjacent to an activating group) is 1. The van der Waals surface area contributed by atoms with E-state index >= 15 is 0 Å². The summed E-state index contributed by atoms with van der Waals surface area (Å²) in [6, 6.07) is 7.94. The summed E-state index contributed by atoms with van der Waals surface area (Å²) in [5.41, 5.74) is 1.61. The third-order valence-electron chi connectivity index (χ3n) is 3.95. The Balaban J connectivity index is 1.80. The zero-order valence-electron chi connectivity index (χ0n) is 12.7. The van der Waals surface area contributed by atoms with E-state index in [0.717, 1.165) is 18.8 Å². The van der Waals surface area contributed by atoms with Crippen LogP contribution in [0.15, 0.2) is 24.3 Å². The molecule has 0 unspecified atom stereocenters. The van der Waals surface area contributed by atoms with Crippen LogP contribution in [0.4, 0.5) is 5.69 Å². The molecule has 1 aliphatic rings. The molecule has 0 spiro atoms. The lowest BCUT2D eigenvalue weighted by molar-refractivity contribution is 0.101. The normalized spacial score (nSPS) is 18.5. The maximum absolute atomic E-state index is 11.2. The fourth-order valence-electron chi connectivity index (χ4n) is 2.72. The van der Waals surface area contributed by atoms with Crippen LogP contribution in [0.2, 0.25) is 0 Å². The van der Waals surface area contributed by atoms with Crippen LogP contribution in [-0.4, -0.2) is 41.5 Å². The van der Waals surface area contributed by atoms with Crippen molar-refractivity contribution < 1.29 is 4.79 Å². The molecule has 5 heteroatoms. The summed E-state index contributed by atoms with van der Waals surface area (Å²) in [5.74, 6) is 0.0724. The molecule has 0 amide bonds. The van der Waals surface area contributed by atoms with Crippen molar-refractivity contribution in [2.45, 2.75) is 32.7 Å². The molecule has 0 saturated carbocycles. The van der Waals surface area contributed by atoms with Gasteiger partial charge in [0.15, 0.2) is 10.9 Å². The first kappa shape index (κ1) is 15.9. The van der Waals surface area contributed by atoms with Gasteiger partial charge in [-0.25, -0.2) is 0 Å². The van der Waals surface area contributed by atoms with Crippen LogP contribution >= 0.6 is 12.2 Å². The lowest BCUT2D eigenvalue weighted by atomic mass is 10.1. The molecule has 1 aromatic carbocycles. The molecule has 1 heterocycles. The first-order valence-electron chi connectivity index (χ1n) is 7.50. The second-order valence-corrected chi connectivity index (χ2v) is 5.80. The largest absolute Gasteiger partial charge is 0.361 e. The minimum Gasteiger partial charge on any atom is -0.361 e. The van der Waals surface area contributed by atoms with Gasteiger partial charge in [0.1, 0.15) is 0 Å². The molecule has 2 N–H and O–H groups in total. The number of anilines is 1. The Morgan fingerprint density at radius 1 is 1.38 bits per heavy atom. The van der Waals surface area contributed by atoms with Gasteiger partial charge in [-0.3, -0.25) is 9.69 Å². The average molecular weight is 305 g/mol. The van der Waals surface area contributed by atoms with E-state index in [0.29, 0.717) is 16.7 Å². The SMILES string of the molecule is CCN1CCC[C@H]1CNC(=S)Nc1ccc(C(C)=O)cc1. The van der Waals surface area contributed by atoms with E-state index in [9.17, 15) is 4.79 Å². The van der Waals surface area contributed by atoms with E-state index in [2.05, 4.69) is 22.5 Å². The molecular formula is C16H23N3OS. The number of thiocarbonyl (C=S) groups is 1. The third-order valence-corrected chi connectivity index (χ3v) is 4.20. The van der Waals surface area contributed by atoms with Gasteiger partial charge in [-0.1, -0.05) is 6.92 Å². The molecule has 0 radical (unpaired) electrons. The zero-order valence-corrected chi connectivity index (χ0v) is 13.5. The van der Waals surface area contributed by atoms with Crippen LogP contribution in [0, 0.1) is 0 Å². The number of ketones is 1. The molecule has 114 valence electrons. The van der Waals surface area contributed by atoms with Crippen molar-refractivity contribution in [3.63, 3.8) is 0 Å². The van der Waals surface area contributed by atoms with E-state index in [4.69, 9.17) is 12.2 Å². The Morgan fingerprint density at radius 2 is 2.10 bits per heavy atom. The average Bonchev–Trinajstić information content (AvgIpc) is 2.93. The second kappa shape index (κ2) is 7.52. The molecule has 1 aliphatic heterocycles. The molecule has 1 saturated heterocycles. The highest BCUT2D eigenvalue weighted by Gasteiger charge is 2.22. The maximum atomic E-state index is 11.2. The van der Waals surface area contributed by atoms with Crippen molar-refractivity contribution in [2.24, 2.45) is 0 Å². The lowest BCUT2D eigenvalue weighted by Gasteiger charge is -2.23. The van der Waals surface area contributed by atoms with Crippen LogP contribution in [0.25, 0.3) is 0 Å². The van der Waals surface area contributed by atoms with E-state index in [1.807, 2.05) is 24.3 Å². The Morgan fingerprint density at radius 3 is 2.71 bits per heavy atom. The molecular weight excluding hydrogens is 282 g/mol. The monoisotopic (exact) mass is 305 g/mol. The first-order chi connectivity index (χ1) is 10.1. The van der Waals surface area contributed by atoms with Gasteiger partial charge in [0.2, 0.25) is 0 Å². The fourth-order valence-corrected chi connectivity index (χ4v) is 2.92. The molecule has 21 heavy (non-hydrogen) atoms. The summed E-state index contributed by atoms with van der Waals surface area (Å²) < 4.78 is 0. The van der Waals surface area contributed by atoms with E-state index in [-0.39, 0.29) is 5.78 Å². The van der Waals surface area contributed by atoms with Crippen LogP contribution in [0.5, 0.6) is 0 Å². The van der Waals surface area contributed by atoms with Crippen molar-refractivity contribution in [1.29, 1.82) is 0 Å². The van der Waals surface area contributed by atoms with E-state index in [1.165, 1.54) is 19.4 Å². The van der Waals surface area contributed by atoms with Crippen LogP contribution < -0.4 is 10.6 Å². The van der Waals surface area contributed by atoms with E-state index < -0.39 is 0 Å². The summed E-state index contributed by atoms with van der Waals surface area (Å²) in [6.45, 7) is 6.93. The standard InChI is InChI=1S/C16H23N3OS/c1-3-19-10-4-5-15(19)11-17-16(21)18-14-8-6-13(7-9-14)12(2)20/h6-9,15H,3-5,10-11H2,1-2H3,(H2,17,18,21)/t15-/m0/s1. The number of hydrogen-bond acceptors (Lipinski definition) is 3. The molecule has 2 rings (SSSR count). The number of carbonyl (C=O) groups excluding carboxylic acids is 1. The second-order valence-electron chi connectivity index (χ2n) is 5.39. The van der Waals surface area contributed by atoms with Crippen molar-refractivity contribution in [1.82, 2.24) is 10.2 Å². The van der Waals surface area contributed by atoms with E-state index in [1.54, 1.807) is 6.92 Å². The van der Waals surface area contributed by atoms with Crippen molar-refractivity contribution in [3.8, 4) is 0 Å².